The zero-order chi connectivity index (χ0) is 13.2. The van der Waals surface area contributed by atoms with Crippen LogP contribution in [0.15, 0.2) is 18.2 Å². The fourth-order valence-electron chi connectivity index (χ4n) is 3.49. The van der Waals surface area contributed by atoms with Gasteiger partial charge >= 0.3 is 0 Å². The molecule has 1 aromatic carbocycles. The third-order valence-electron chi connectivity index (χ3n) is 5.13. The van der Waals surface area contributed by atoms with Gasteiger partial charge in [-0.25, -0.2) is 0 Å². The van der Waals surface area contributed by atoms with Crippen molar-refractivity contribution in [2.75, 3.05) is 6.54 Å². The largest absolute Gasteiger partial charge is 0.313 e. The van der Waals surface area contributed by atoms with Crippen molar-refractivity contribution >= 4 is 0 Å². The summed E-state index contributed by atoms with van der Waals surface area (Å²) in [6.45, 7) is 5.66. The molecule has 2 aliphatic rings. The van der Waals surface area contributed by atoms with Gasteiger partial charge in [0.05, 0.1) is 0 Å². The minimum atomic E-state index is 0.738. The van der Waals surface area contributed by atoms with Gasteiger partial charge in [0.25, 0.3) is 0 Å². The van der Waals surface area contributed by atoms with E-state index in [0.29, 0.717) is 0 Å². The fraction of sp³-hybridized carbons (Fsp3) is 0.667. The van der Waals surface area contributed by atoms with Gasteiger partial charge in [-0.1, -0.05) is 31.0 Å². The van der Waals surface area contributed by atoms with Gasteiger partial charge < -0.3 is 5.32 Å². The molecule has 2 saturated carbocycles. The molecule has 0 amide bonds. The standard InChI is InChI=1S/C18H27N/c1-13-7-8-16(11-14(13)2)18(12-19-17-9-10-17)15-5-3-4-6-15/h7-8,11,15,17-19H,3-6,9-10,12H2,1-2H3. The highest BCUT2D eigenvalue weighted by Crippen LogP contribution is 2.38. The van der Waals surface area contributed by atoms with Crippen LogP contribution in [0.4, 0.5) is 0 Å². The molecule has 1 heteroatoms. The zero-order valence-electron chi connectivity index (χ0n) is 12.4. The van der Waals surface area contributed by atoms with Crippen molar-refractivity contribution in [1.82, 2.24) is 5.32 Å². The maximum Gasteiger partial charge on any atom is 0.00684 e. The Morgan fingerprint density at radius 3 is 2.42 bits per heavy atom. The summed E-state index contributed by atoms with van der Waals surface area (Å²) in [6.07, 6.45) is 8.54. The Hall–Kier alpha value is -0.820. The van der Waals surface area contributed by atoms with E-state index in [9.17, 15) is 0 Å². The Morgan fingerprint density at radius 1 is 1.05 bits per heavy atom. The van der Waals surface area contributed by atoms with Crippen molar-refractivity contribution in [1.29, 1.82) is 0 Å². The normalized spacial score (nSPS) is 21.8. The van der Waals surface area contributed by atoms with Crippen LogP contribution in [-0.2, 0) is 0 Å². The number of nitrogens with one attached hydrogen (secondary N) is 1. The zero-order valence-corrected chi connectivity index (χ0v) is 12.4. The predicted molar refractivity (Wildman–Crippen MR) is 81.6 cm³/mol. The fourth-order valence-corrected chi connectivity index (χ4v) is 3.49. The molecular weight excluding hydrogens is 230 g/mol. The molecule has 0 spiro atoms. The SMILES string of the molecule is Cc1ccc(C(CNC2CC2)C2CCCC2)cc1C. The van der Waals surface area contributed by atoms with Crippen molar-refractivity contribution in [2.45, 2.75) is 64.3 Å². The quantitative estimate of drug-likeness (QED) is 0.828. The summed E-state index contributed by atoms with van der Waals surface area (Å²) < 4.78 is 0. The van der Waals surface area contributed by atoms with Crippen LogP contribution >= 0.6 is 0 Å². The van der Waals surface area contributed by atoms with Gasteiger partial charge in [0.1, 0.15) is 0 Å². The molecule has 104 valence electrons. The third kappa shape index (κ3) is 3.20. The van der Waals surface area contributed by atoms with Crippen molar-refractivity contribution in [2.24, 2.45) is 5.92 Å². The minimum Gasteiger partial charge on any atom is -0.313 e. The summed E-state index contributed by atoms with van der Waals surface area (Å²) in [4.78, 5) is 0. The molecule has 0 saturated heterocycles. The molecule has 1 unspecified atom stereocenters. The summed E-state index contributed by atoms with van der Waals surface area (Å²) in [5.74, 6) is 1.65. The molecule has 0 bridgehead atoms. The van der Waals surface area contributed by atoms with Gasteiger partial charge in [-0.2, -0.15) is 0 Å². The summed E-state index contributed by atoms with van der Waals surface area (Å²) in [5, 5.41) is 3.77. The van der Waals surface area contributed by atoms with E-state index in [1.807, 2.05) is 0 Å². The first kappa shape index (κ1) is 13.2. The highest BCUT2D eigenvalue weighted by molar-refractivity contribution is 5.32. The monoisotopic (exact) mass is 257 g/mol. The van der Waals surface area contributed by atoms with Gasteiger partial charge in [0, 0.05) is 12.6 Å². The lowest BCUT2D eigenvalue weighted by Gasteiger charge is -2.25. The van der Waals surface area contributed by atoms with Crippen LogP contribution in [0.25, 0.3) is 0 Å². The average molecular weight is 257 g/mol. The van der Waals surface area contributed by atoms with E-state index in [2.05, 4.69) is 37.4 Å². The minimum absolute atomic E-state index is 0.738. The second-order valence-corrected chi connectivity index (χ2v) is 6.68. The number of aryl methyl sites for hydroxylation is 2. The van der Waals surface area contributed by atoms with E-state index in [4.69, 9.17) is 0 Å². The summed E-state index contributed by atoms with van der Waals surface area (Å²) in [5.41, 5.74) is 4.44. The van der Waals surface area contributed by atoms with Gasteiger partial charge in [0.2, 0.25) is 0 Å². The topological polar surface area (TPSA) is 12.0 Å². The maximum absolute atomic E-state index is 3.77. The van der Waals surface area contributed by atoms with Crippen LogP contribution in [0.5, 0.6) is 0 Å². The van der Waals surface area contributed by atoms with Crippen LogP contribution in [-0.4, -0.2) is 12.6 Å². The lowest BCUT2D eigenvalue weighted by Crippen LogP contribution is -2.27. The lowest BCUT2D eigenvalue weighted by molar-refractivity contribution is 0.410. The maximum atomic E-state index is 3.77. The number of benzene rings is 1. The van der Waals surface area contributed by atoms with Gasteiger partial charge in [-0.3, -0.25) is 0 Å². The molecule has 3 rings (SSSR count). The molecule has 1 aromatic rings. The van der Waals surface area contributed by atoms with Crippen LogP contribution < -0.4 is 5.32 Å². The van der Waals surface area contributed by atoms with E-state index < -0.39 is 0 Å². The molecule has 1 nitrogen and oxygen atoms in total. The summed E-state index contributed by atoms with van der Waals surface area (Å²) >= 11 is 0. The Bertz CT molecular complexity index is 427. The van der Waals surface area contributed by atoms with Crippen LogP contribution in [0.1, 0.15) is 61.1 Å². The van der Waals surface area contributed by atoms with Gasteiger partial charge in [-0.15, -0.1) is 0 Å². The van der Waals surface area contributed by atoms with E-state index in [1.54, 1.807) is 5.56 Å². The van der Waals surface area contributed by atoms with Crippen molar-refractivity contribution in [3.8, 4) is 0 Å². The molecule has 0 heterocycles. The number of hydrogen-bond acceptors (Lipinski definition) is 1. The van der Waals surface area contributed by atoms with Crippen molar-refractivity contribution in [3.05, 3.63) is 34.9 Å². The average Bonchev–Trinajstić information content (AvgIpc) is 3.07. The molecule has 0 aliphatic heterocycles. The van der Waals surface area contributed by atoms with Crippen LogP contribution in [0.3, 0.4) is 0 Å². The molecule has 0 radical (unpaired) electrons. The van der Waals surface area contributed by atoms with Gasteiger partial charge in [-0.05, 0) is 68.1 Å². The highest BCUT2D eigenvalue weighted by Gasteiger charge is 2.29. The van der Waals surface area contributed by atoms with E-state index in [0.717, 1.165) is 17.9 Å². The first-order valence-corrected chi connectivity index (χ1v) is 8.04. The second kappa shape index (κ2) is 5.66. The lowest BCUT2D eigenvalue weighted by atomic mass is 9.83. The molecule has 2 fully saturated rings. The van der Waals surface area contributed by atoms with Gasteiger partial charge in [0.15, 0.2) is 0 Å². The highest BCUT2D eigenvalue weighted by atomic mass is 14.9. The molecular formula is C18H27N. The van der Waals surface area contributed by atoms with Crippen LogP contribution in [0.2, 0.25) is 0 Å². The van der Waals surface area contributed by atoms with E-state index >= 15 is 0 Å². The third-order valence-corrected chi connectivity index (χ3v) is 5.13. The predicted octanol–water partition coefficient (Wildman–Crippen LogP) is 4.33. The summed E-state index contributed by atoms with van der Waals surface area (Å²) in [6, 6.07) is 7.95. The number of hydrogen-bond donors (Lipinski definition) is 1. The molecule has 0 aromatic heterocycles. The first-order valence-electron chi connectivity index (χ1n) is 8.04. The molecule has 19 heavy (non-hydrogen) atoms. The van der Waals surface area contributed by atoms with Crippen molar-refractivity contribution < 1.29 is 0 Å². The Morgan fingerprint density at radius 2 is 1.79 bits per heavy atom. The Labute approximate surface area is 117 Å². The number of rotatable bonds is 5. The molecule has 2 aliphatic carbocycles. The summed E-state index contributed by atoms with van der Waals surface area (Å²) in [7, 11) is 0. The molecule has 1 atom stereocenters. The van der Waals surface area contributed by atoms with Crippen molar-refractivity contribution in [3.63, 3.8) is 0 Å². The van der Waals surface area contributed by atoms with Crippen LogP contribution in [0, 0.1) is 19.8 Å². The Balaban J connectivity index is 1.76. The van der Waals surface area contributed by atoms with E-state index in [1.165, 1.54) is 56.2 Å². The Kier molecular flexibility index (Phi) is 3.93. The second-order valence-electron chi connectivity index (χ2n) is 6.68. The molecule has 1 N–H and O–H groups in total. The smallest absolute Gasteiger partial charge is 0.00684 e. The first-order chi connectivity index (χ1) is 9.24. The van der Waals surface area contributed by atoms with E-state index in [-0.39, 0.29) is 0 Å².